The number of hydrogen-bond donors (Lipinski definition) is 0. The molecule has 1 nitrogen and oxygen atoms in total. The van der Waals surface area contributed by atoms with E-state index in [9.17, 15) is 0 Å². The van der Waals surface area contributed by atoms with Crippen molar-refractivity contribution in [1.82, 2.24) is 4.31 Å². The van der Waals surface area contributed by atoms with Gasteiger partial charge in [0.15, 0.2) is 0 Å². The minimum absolute atomic E-state index is 0.618. The lowest BCUT2D eigenvalue weighted by molar-refractivity contribution is 0.401. The van der Waals surface area contributed by atoms with E-state index < -0.39 is 0 Å². The summed E-state index contributed by atoms with van der Waals surface area (Å²) in [5.41, 5.74) is 1.44. The number of rotatable bonds is 4. The molecule has 0 aromatic heterocycles. The zero-order valence-electron chi connectivity index (χ0n) is 12.0. The van der Waals surface area contributed by atoms with E-state index in [4.69, 9.17) is 0 Å². The Bertz CT molecular complexity index is 386. The highest BCUT2D eigenvalue weighted by Gasteiger charge is 2.25. The molecule has 0 radical (unpaired) electrons. The molecule has 0 amide bonds. The fourth-order valence-corrected chi connectivity index (χ4v) is 3.55. The lowest BCUT2D eigenvalue weighted by Crippen LogP contribution is -2.14. The molecule has 0 saturated carbocycles. The van der Waals surface area contributed by atoms with E-state index in [1.54, 1.807) is 0 Å². The van der Waals surface area contributed by atoms with Crippen molar-refractivity contribution in [3.63, 3.8) is 0 Å². The quantitative estimate of drug-likeness (QED) is 0.718. The largest absolute Gasteiger partial charge is 0.246 e. The van der Waals surface area contributed by atoms with Crippen molar-refractivity contribution in [3.8, 4) is 0 Å². The van der Waals surface area contributed by atoms with Crippen LogP contribution in [0.25, 0.3) is 0 Å². The molecule has 1 aliphatic heterocycles. The second-order valence-corrected chi connectivity index (χ2v) is 7.17. The smallest absolute Gasteiger partial charge is 0.0233 e. The summed E-state index contributed by atoms with van der Waals surface area (Å²) >= 11 is 1.94. The lowest BCUT2D eigenvalue weighted by atomic mass is 9.96. The zero-order chi connectivity index (χ0) is 13.1. The molecule has 100 valence electrons. The van der Waals surface area contributed by atoms with Gasteiger partial charge in [0.05, 0.1) is 0 Å². The van der Waals surface area contributed by atoms with Gasteiger partial charge in [-0.05, 0) is 53.8 Å². The minimum atomic E-state index is 0.618. The molecule has 1 fully saturated rings. The van der Waals surface area contributed by atoms with Crippen LogP contribution in [0.4, 0.5) is 0 Å². The third-order valence-electron chi connectivity index (χ3n) is 3.89. The van der Waals surface area contributed by atoms with Crippen LogP contribution in [0.5, 0.6) is 0 Å². The van der Waals surface area contributed by atoms with E-state index in [1.807, 2.05) is 11.9 Å². The SMILES string of the molecule is CC(C)c1cccc(SN2CCC(C(C)C)C2)c1. The summed E-state index contributed by atoms with van der Waals surface area (Å²) in [6.45, 7) is 11.7. The molecule has 18 heavy (non-hydrogen) atoms. The Balaban J connectivity index is 1.96. The van der Waals surface area contributed by atoms with Crippen molar-refractivity contribution in [3.05, 3.63) is 29.8 Å². The van der Waals surface area contributed by atoms with E-state index in [0.29, 0.717) is 5.92 Å². The molecular formula is C16H25NS. The molecule has 2 rings (SSSR count). The predicted molar refractivity (Wildman–Crippen MR) is 80.9 cm³/mol. The molecule has 0 N–H and O–H groups in total. The van der Waals surface area contributed by atoms with Crippen molar-refractivity contribution < 1.29 is 0 Å². The van der Waals surface area contributed by atoms with Crippen molar-refractivity contribution in [2.75, 3.05) is 13.1 Å². The van der Waals surface area contributed by atoms with Crippen LogP contribution < -0.4 is 0 Å². The van der Waals surface area contributed by atoms with Crippen LogP contribution in [0, 0.1) is 11.8 Å². The molecular weight excluding hydrogens is 238 g/mol. The molecule has 1 heterocycles. The van der Waals surface area contributed by atoms with Crippen LogP contribution in [0.1, 0.15) is 45.6 Å². The predicted octanol–water partition coefficient (Wildman–Crippen LogP) is 4.80. The van der Waals surface area contributed by atoms with Gasteiger partial charge >= 0.3 is 0 Å². The summed E-state index contributed by atoms with van der Waals surface area (Å²) in [4.78, 5) is 1.39. The second-order valence-electron chi connectivity index (χ2n) is 6.00. The van der Waals surface area contributed by atoms with Gasteiger partial charge in [-0.15, -0.1) is 0 Å². The highest BCUT2D eigenvalue weighted by atomic mass is 32.2. The summed E-state index contributed by atoms with van der Waals surface area (Å²) in [7, 11) is 0. The third-order valence-corrected chi connectivity index (χ3v) is 4.94. The van der Waals surface area contributed by atoms with Gasteiger partial charge in [0, 0.05) is 18.0 Å². The maximum atomic E-state index is 2.53. The molecule has 1 saturated heterocycles. The van der Waals surface area contributed by atoms with Gasteiger partial charge < -0.3 is 0 Å². The van der Waals surface area contributed by atoms with Gasteiger partial charge in [-0.2, -0.15) is 0 Å². The van der Waals surface area contributed by atoms with Crippen LogP contribution >= 0.6 is 11.9 Å². The zero-order valence-corrected chi connectivity index (χ0v) is 12.8. The first-order valence-electron chi connectivity index (χ1n) is 7.09. The van der Waals surface area contributed by atoms with Gasteiger partial charge in [-0.25, -0.2) is 4.31 Å². The highest BCUT2D eigenvalue weighted by molar-refractivity contribution is 7.97. The summed E-state index contributed by atoms with van der Waals surface area (Å²) in [6, 6.07) is 9.00. The number of nitrogens with zero attached hydrogens (tertiary/aromatic N) is 1. The Kier molecular flexibility index (Phi) is 4.74. The normalized spacial score (nSPS) is 21.1. The lowest BCUT2D eigenvalue weighted by Gasteiger charge is -2.17. The van der Waals surface area contributed by atoms with Crippen molar-refractivity contribution >= 4 is 11.9 Å². The Labute approximate surface area is 116 Å². The first-order chi connectivity index (χ1) is 8.56. The fraction of sp³-hybridized carbons (Fsp3) is 0.625. The molecule has 0 spiro atoms. The molecule has 2 heteroatoms. The fourth-order valence-electron chi connectivity index (χ4n) is 2.46. The Morgan fingerprint density at radius 2 is 2.00 bits per heavy atom. The Morgan fingerprint density at radius 1 is 1.22 bits per heavy atom. The Hall–Kier alpha value is -0.470. The first-order valence-corrected chi connectivity index (χ1v) is 7.86. The Morgan fingerprint density at radius 3 is 2.61 bits per heavy atom. The summed E-state index contributed by atoms with van der Waals surface area (Å²) in [5.74, 6) is 2.32. The van der Waals surface area contributed by atoms with Crippen LogP contribution in [0.3, 0.4) is 0 Å². The number of hydrogen-bond acceptors (Lipinski definition) is 2. The van der Waals surface area contributed by atoms with Gasteiger partial charge in [0.2, 0.25) is 0 Å². The summed E-state index contributed by atoms with van der Waals surface area (Å²) < 4.78 is 2.53. The molecule has 0 bridgehead atoms. The summed E-state index contributed by atoms with van der Waals surface area (Å²) in [5, 5.41) is 0. The van der Waals surface area contributed by atoms with Gasteiger partial charge in [0.1, 0.15) is 0 Å². The van der Waals surface area contributed by atoms with Gasteiger partial charge in [-0.3, -0.25) is 0 Å². The average molecular weight is 263 g/mol. The van der Waals surface area contributed by atoms with E-state index in [1.165, 1.54) is 30.0 Å². The van der Waals surface area contributed by atoms with E-state index in [2.05, 4.69) is 56.3 Å². The van der Waals surface area contributed by atoms with Crippen molar-refractivity contribution in [2.45, 2.75) is 44.9 Å². The van der Waals surface area contributed by atoms with Crippen LogP contribution in [0.2, 0.25) is 0 Å². The maximum Gasteiger partial charge on any atom is 0.0233 e. The molecule has 1 atom stereocenters. The van der Waals surface area contributed by atoms with E-state index in [-0.39, 0.29) is 0 Å². The summed E-state index contributed by atoms with van der Waals surface area (Å²) in [6.07, 6.45) is 1.36. The topological polar surface area (TPSA) is 3.24 Å². The molecule has 1 aromatic carbocycles. The second kappa shape index (κ2) is 6.12. The van der Waals surface area contributed by atoms with Gasteiger partial charge in [0.25, 0.3) is 0 Å². The monoisotopic (exact) mass is 263 g/mol. The van der Waals surface area contributed by atoms with Crippen molar-refractivity contribution in [1.29, 1.82) is 0 Å². The third kappa shape index (κ3) is 3.52. The first kappa shape index (κ1) is 14.0. The molecule has 1 aliphatic rings. The standard InChI is InChI=1S/C16H25NS/c1-12(2)14-6-5-7-16(10-14)18-17-9-8-15(11-17)13(3)4/h5-7,10,12-13,15H,8-9,11H2,1-4H3. The van der Waals surface area contributed by atoms with Crippen LogP contribution in [0.15, 0.2) is 29.2 Å². The minimum Gasteiger partial charge on any atom is -0.246 e. The molecule has 1 aromatic rings. The van der Waals surface area contributed by atoms with Crippen molar-refractivity contribution in [2.24, 2.45) is 11.8 Å². The molecule has 0 aliphatic carbocycles. The van der Waals surface area contributed by atoms with Crippen LogP contribution in [-0.4, -0.2) is 17.4 Å². The molecule has 1 unspecified atom stereocenters. The van der Waals surface area contributed by atoms with E-state index in [0.717, 1.165) is 11.8 Å². The van der Waals surface area contributed by atoms with Gasteiger partial charge in [-0.1, -0.05) is 39.8 Å². The average Bonchev–Trinajstić information content (AvgIpc) is 2.78. The number of benzene rings is 1. The highest BCUT2D eigenvalue weighted by Crippen LogP contribution is 2.33. The van der Waals surface area contributed by atoms with E-state index >= 15 is 0 Å². The maximum absolute atomic E-state index is 2.53. The van der Waals surface area contributed by atoms with Crippen LogP contribution in [-0.2, 0) is 0 Å².